The van der Waals surface area contributed by atoms with E-state index in [4.69, 9.17) is 9.47 Å². The van der Waals surface area contributed by atoms with Gasteiger partial charge in [0.25, 0.3) is 15.9 Å². The predicted octanol–water partition coefficient (Wildman–Crippen LogP) is 3.05. The van der Waals surface area contributed by atoms with Crippen LogP contribution < -0.4 is 14.2 Å². The van der Waals surface area contributed by atoms with E-state index in [1.807, 2.05) is 6.08 Å². The number of amides is 1. The van der Waals surface area contributed by atoms with Gasteiger partial charge in [0.2, 0.25) is 0 Å². The van der Waals surface area contributed by atoms with Gasteiger partial charge in [-0.3, -0.25) is 9.52 Å². The minimum Gasteiger partial charge on any atom is -0.486 e. The van der Waals surface area contributed by atoms with Crippen molar-refractivity contribution in [2.75, 3.05) is 31.0 Å². The average Bonchev–Trinajstić information content (AvgIpc) is 2.73. The van der Waals surface area contributed by atoms with E-state index in [-0.39, 0.29) is 10.8 Å². The first-order valence-electron chi connectivity index (χ1n) is 9.40. The number of carbonyl (C=O) groups is 1. The summed E-state index contributed by atoms with van der Waals surface area (Å²) in [5.41, 5.74) is 2.05. The van der Waals surface area contributed by atoms with Crippen molar-refractivity contribution in [3.05, 3.63) is 59.7 Å². The standard InChI is InChI=1S/C21H22N2O5S/c1-15-7-9-23(10-8-15)21(24)16-3-2-4-17(13-16)22-29(25,26)18-5-6-19-20(14-18)28-12-11-27-19/h2-7,13-14,22H,8-12H2,1H3. The van der Waals surface area contributed by atoms with Crippen LogP contribution in [0.5, 0.6) is 11.5 Å². The molecule has 0 radical (unpaired) electrons. The Balaban J connectivity index is 1.53. The number of rotatable bonds is 4. The fourth-order valence-electron chi connectivity index (χ4n) is 3.26. The molecule has 2 aromatic carbocycles. The van der Waals surface area contributed by atoms with Crippen molar-refractivity contribution in [1.29, 1.82) is 0 Å². The van der Waals surface area contributed by atoms with E-state index < -0.39 is 10.0 Å². The van der Waals surface area contributed by atoms with Crippen LogP contribution in [0.3, 0.4) is 0 Å². The zero-order valence-corrected chi connectivity index (χ0v) is 16.9. The molecule has 0 unspecified atom stereocenters. The summed E-state index contributed by atoms with van der Waals surface area (Å²) in [5.74, 6) is 0.805. The van der Waals surface area contributed by atoms with Crippen molar-refractivity contribution in [2.45, 2.75) is 18.2 Å². The molecule has 2 heterocycles. The van der Waals surface area contributed by atoms with Gasteiger partial charge >= 0.3 is 0 Å². The van der Waals surface area contributed by atoms with Gasteiger partial charge in [-0.05, 0) is 43.7 Å². The summed E-state index contributed by atoms with van der Waals surface area (Å²) >= 11 is 0. The zero-order chi connectivity index (χ0) is 20.4. The molecule has 0 saturated heterocycles. The van der Waals surface area contributed by atoms with Gasteiger partial charge in [-0.25, -0.2) is 8.42 Å². The maximum atomic E-state index is 12.8. The third-order valence-corrected chi connectivity index (χ3v) is 6.29. The molecule has 7 nitrogen and oxygen atoms in total. The Hall–Kier alpha value is -3.00. The minimum atomic E-state index is -3.84. The van der Waals surface area contributed by atoms with Crippen LogP contribution in [0.4, 0.5) is 5.69 Å². The number of nitrogens with zero attached hydrogens (tertiary/aromatic N) is 1. The molecule has 0 aromatic heterocycles. The van der Waals surface area contributed by atoms with Crippen LogP contribution >= 0.6 is 0 Å². The van der Waals surface area contributed by atoms with Gasteiger partial charge in [-0.15, -0.1) is 0 Å². The molecule has 29 heavy (non-hydrogen) atoms. The van der Waals surface area contributed by atoms with Gasteiger partial charge in [0.05, 0.1) is 4.90 Å². The van der Waals surface area contributed by atoms with Crippen LogP contribution in [0.1, 0.15) is 23.7 Å². The lowest BCUT2D eigenvalue weighted by Crippen LogP contribution is -2.34. The van der Waals surface area contributed by atoms with E-state index in [1.54, 1.807) is 35.2 Å². The molecule has 152 valence electrons. The maximum Gasteiger partial charge on any atom is 0.262 e. The van der Waals surface area contributed by atoms with E-state index in [0.29, 0.717) is 49.1 Å². The van der Waals surface area contributed by atoms with Crippen molar-refractivity contribution in [2.24, 2.45) is 0 Å². The van der Waals surface area contributed by atoms with E-state index in [1.165, 1.54) is 17.7 Å². The Morgan fingerprint density at radius 2 is 1.86 bits per heavy atom. The summed E-state index contributed by atoms with van der Waals surface area (Å²) in [4.78, 5) is 14.6. The van der Waals surface area contributed by atoms with Gasteiger partial charge < -0.3 is 14.4 Å². The fourth-order valence-corrected chi connectivity index (χ4v) is 4.32. The van der Waals surface area contributed by atoms with E-state index in [2.05, 4.69) is 11.6 Å². The maximum absolute atomic E-state index is 12.8. The van der Waals surface area contributed by atoms with Crippen molar-refractivity contribution in [3.63, 3.8) is 0 Å². The molecule has 2 aromatic rings. The zero-order valence-electron chi connectivity index (χ0n) is 16.1. The molecule has 0 aliphatic carbocycles. The lowest BCUT2D eigenvalue weighted by Gasteiger charge is -2.25. The molecule has 8 heteroatoms. The number of ether oxygens (including phenoxy) is 2. The first-order valence-corrected chi connectivity index (χ1v) is 10.9. The van der Waals surface area contributed by atoms with Gasteiger partial charge in [0, 0.05) is 30.4 Å². The van der Waals surface area contributed by atoms with Crippen molar-refractivity contribution < 1.29 is 22.7 Å². The highest BCUT2D eigenvalue weighted by Crippen LogP contribution is 2.32. The number of benzene rings is 2. The second-order valence-electron chi connectivity index (χ2n) is 7.04. The van der Waals surface area contributed by atoms with Gasteiger partial charge in [-0.1, -0.05) is 17.7 Å². The van der Waals surface area contributed by atoms with Crippen LogP contribution in [-0.2, 0) is 10.0 Å². The molecule has 2 aliphatic heterocycles. The number of nitrogens with one attached hydrogen (secondary N) is 1. The van der Waals surface area contributed by atoms with Crippen LogP contribution in [0.2, 0.25) is 0 Å². The second kappa shape index (κ2) is 7.79. The first kappa shape index (κ1) is 19.3. The molecule has 0 atom stereocenters. The Kier molecular flexibility index (Phi) is 5.19. The van der Waals surface area contributed by atoms with E-state index >= 15 is 0 Å². The van der Waals surface area contributed by atoms with Gasteiger partial charge in [0.15, 0.2) is 11.5 Å². The second-order valence-corrected chi connectivity index (χ2v) is 8.73. The number of anilines is 1. The molecular formula is C21H22N2O5S. The van der Waals surface area contributed by atoms with Crippen molar-refractivity contribution in [1.82, 2.24) is 4.90 Å². The normalized spacial score (nSPS) is 16.2. The molecule has 0 saturated carbocycles. The van der Waals surface area contributed by atoms with E-state index in [0.717, 1.165) is 6.42 Å². The summed E-state index contributed by atoms with van der Waals surface area (Å²) in [5, 5.41) is 0. The van der Waals surface area contributed by atoms with Crippen molar-refractivity contribution in [3.8, 4) is 11.5 Å². The number of hydrogen-bond acceptors (Lipinski definition) is 5. The first-order chi connectivity index (χ1) is 13.9. The number of hydrogen-bond donors (Lipinski definition) is 1. The molecule has 0 fully saturated rings. The van der Waals surface area contributed by atoms with Crippen LogP contribution in [-0.4, -0.2) is 45.5 Å². The van der Waals surface area contributed by atoms with Crippen LogP contribution in [0.25, 0.3) is 0 Å². The van der Waals surface area contributed by atoms with Gasteiger partial charge in [0.1, 0.15) is 13.2 Å². The summed E-state index contributed by atoms with van der Waals surface area (Å²) in [6.07, 6.45) is 2.89. The Morgan fingerprint density at radius 1 is 1.07 bits per heavy atom. The topological polar surface area (TPSA) is 84.9 Å². The minimum absolute atomic E-state index is 0.0649. The molecule has 4 rings (SSSR count). The predicted molar refractivity (Wildman–Crippen MR) is 109 cm³/mol. The number of fused-ring (bicyclic) bond motifs is 1. The molecule has 1 N–H and O–H groups in total. The lowest BCUT2D eigenvalue weighted by atomic mass is 10.1. The summed E-state index contributed by atoms with van der Waals surface area (Å²) < 4.78 is 39.0. The summed E-state index contributed by atoms with van der Waals surface area (Å²) in [7, 11) is -3.84. The Labute approximate surface area is 170 Å². The average molecular weight is 414 g/mol. The van der Waals surface area contributed by atoms with Crippen LogP contribution in [0.15, 0.2) is 59.0 Å². The van der Waals surface area contributed by atoms with Gasteiger partial charge in [-0.2, -0.15) is 0 Å². The number of sulfonamides is 1. The SMILES string of the molecule is CC1=CCN(C(=O)c2cccc(NS(=O)(=O)c3ccc4c(c3)OCCO4)c2)CC1. The molecule has 2 aliphatic rings. The third-order valence-electron chi connectivity index (χ3n) is 4.91. The summed E-state index contributed by atoms with van der Waals surface area (Å²) in [6.45, 7) is 4.09. The highest BCUT2D eigenvalue weighted by atomic mass is 32.2. The molecule has 1 amide bonds. The van der Waals surface area contributed by atoms with E-state index in [9.17, 15) is 13.2 Å². The Morgan fingerprint density at radius 3 is 2.62 bits per heavy atom. The van der Waals surface area contributed by atoms with Crippen molar-refractivity contribution >= 4 is 21.6 Å². The summed E-state index contributed by atoms with van der Waals surface area (Å²) in [6, 6.07) is 11.0. The quantitative estimate of drug-likeness (QED) is 0.778. The molecular weight excluding hydrogens is 392 g/mol. The smallest absolute Gasteiger partial charge is 0.262 e. The van der Waals surface area contributed by atoms with Crippen LogP contribution in [0, 0.1) is 0 Å². The highest BCUT2D eigenvalue weighted by Gasteiger charge is 2.21. The number of carbonyl (C=O) groups excluding carboxylic acids is 1. The third kappa shape index (κ3) is 4.22. The lowest BCUT2D eigenvalue weighted by molar-refractivity contribution is 0.0769. The highest BCUT2D eigenvalue weighted by molar-refractivity contribution is 7.92. The largest absolute Gasteiger partial charge is 0.486 e. The molecule has 0 bridgehead atoms. The monoisotopic (exact) mass is 414 g/mol. The fraction of sp³-hybridized carbons (Fsp3) is 0.286. The Bertz CT molecular complexity index is 1080. The molecule has 0 spiro atoms.